The van der Waals surface area contributed by atoms with Gasteiger partial charge in [0.2, 0.25) is 5.09 Å². The number of thiophene rings is 1. The summed E-state index contributed by atoms with van der Waals surface area (Å²) in [5.41, 5.74) is -0.0981. The smallest absolute Gasteiger partial charge is 0.275 e. The van der Waals surface area contributed by atoms with Gasteiger partial charge in [-0.25, -0.2) is 17.7 Å². The summed E-state index contributed by atoms with van der Waals surface area (Å²) in [5.74, 6) is 0.876. The van der Waals surface area contributed by atoms with E-state index in [1.54, 1.807) is 19.2 Å². The quantitative estimate of drug-likeness (QED) is 0.494. The summed E-state index contributed by atoms with van der Waals surface area (Å²) < 4.78 is 32.0. The van der Waals surface area contributed by atoms with Crippen molar-refractivity contribution in [2.45, 2.75) is 16.0 Å². The maximum atomic E-state index is 12.2. The third kappa shape index (κ3) is 3.02. The fourth-order valence-electron chi connectivity index (χ4n) is 2.00. The van der Waals surface area contributed by atoms with E-state index in [4.69, 9.17) is 4.42 Å². The van der Waals surface area contributed by atoms with Crippen molar-refractivity contribution < 1.29 is 12.8 Å². The molecule has 0 spiro atoms. The van der Waals surface area contributed by atoms with Crippen molar-refractivity contribution in [1.29, 1.82) is 0 Å². The number of thioether (sulfide) groups is 1. The topological polar surface area (TPSA) is 85.4 Å². The predicted octanol–water partition coefficient (Wildman–Crippen LogP) is 2.13. The van der Waals surface area contributed by atoms with Crippen LogP contribution in [0.1, 0.15) is 5.76 Å². The first-order chi connectivity index (χ1) is 11.3. The summed E-state index contributed by atoms with van der Waals surface area (Å²) in [7, 11) is 0.972. The maximum absolute atomic E-state index is 12.2. The molecule has 0 atom stereocenters. The van der Waals surface area contributed by atoms with E-state index in [0.29, 0.717) is 26.9 Å². The monoisotopic (exact) mass is 385 g/mol. The lowest BCUT2D eigenvalue weighted by molar-refractivity contribution is 0.408. The van der Waals surface area contributed by atoms with Crippen molar-refractivity contribution in [2.75, 3.05) is 14.1 Å². The molecule has 0 aliphatic rings. The van der Waals surface area contributed by atoms with Crippen molar-refractivity contribution in [3.05, 3.63) is 39.7 Å². The van der Waals surface area contributed by atoms with Gasteiger partial charge in [-0.3, -0.25) is 9.36 Å². The van der Waals surface area contributed by atoms with Crippen LogP contribution in [0, 0.1) is 0 Å². The number of aromatic nitrogens is 2. The highest BCUT2D eigenvalue weighted by Crippen LogP contribution is 2.25. The molecule has 0 fully saturated rings. The largest absolute Gasteiger partial charge is 0.447 e. The molecule has 3 heterocycles. The first-order valence-electron chi connectivity index (χ1n) is 6.89. The van der Waals surface area contributed by atoms with Crippen LogP contribution in [-0.4, -0.2) is 36.4 Å². The Morgan fingerprint density at radius 2 is 2.08 bits per heavy atom. The number of furan rings is 1. The van der Waals surface area contributed by atoms with E-state index >= 15 is 0 Å². The molecule has 0 unspecified atom stereocenters. The van der Waals surface area contributed by atoms with Gasteiger partial charge in [-0.05, 0) is 23.6 Å². The number of hydrogen-bond acceptors (Lipinski definition) is 7. The number of hydrogen-bond donors (Lipinski definition) is 0. The van der Waals surface area contributed by atoms with E-state index in [-0.39, 0.29) is 10.7 Å². The summed E-state index contributed by atoms with van der Waals surface area (Å²) in [4.78, 5) is 17.4. The molecule has 0 amide bonds. The average Bonchev–Trinajstić information content (AvgIpc) is 3.18. The van der Waals surface area contributed by atoms with E-state index in [0.717, 1.165) is 4.31 Å². The Bertz CT molecular complexity index is 1050. The lowest BCUT2D eigenvalue weighted by atomic mass is 10.4. The molecule has 0 N–H and O–H groups in total. The van der Waals surface area contributed by atoms with Gasteiger partial charge in [0.1, 0.15) is 10.6 Å². The van der Waals surface area contributed by atoms with Gasteiger partial charge in [-0.15, -0.1) is 11.3 Å². The third-order valence-electron chi connectivity index (χ3n) is 3.38. The van der Waals surface area contributed by atoms with Gasteiger partial charge in [0, 0.05) is 21.1 Å². The van der Waals surface area contributed by atoms with E-state index in [1.807, 2.05) is 5.38 Å². The van der Waals surface area contributed by atoms with Gasteiger partial charge in [0.15, 0.2) is 5.16 Å². The van der Waals surface area contributed by atoms with E-state index in [9.17, 15) is 13.2 Å². The van der Waals surface area contributed by atoms with Gasteiger partial charge < -0.3 is 4.42 Å². The summed E-state index contributed by atoms with van der Waals surface area (Å²) >= 11 is 2.73. The van der Waals surface area contributed by atoms with Crippen molar-refractivity contribution in [3.8, 4) is 0 Å². The van der Waals surface area contributed by atoms with Crippen molar-refractivity contribution in [1.82, 2.24) is 13.9 Å². The maximum Gasteiger partial charge on any atom is 0.275 e. The molecule has 10 heteroatoms. The second-order valence-electron chi connectivity index (χ2n) is 5.19. The van der Waals surface area contributed by atoms with Crippen LogP contribution in [0.15, 0.2) is 43.0 Å². The molecular weight excluding hydrogens is 370 g/mol. The molecule has 7 nitrogen and oxygen atoms in total. The fraction of sp³-hybridized carbons (Fsp3) is 0.286. The minimum absolute atomic E-state index is 0.0981. The molecule has 0 aliphatic heterocycles. The van der Waals surface area contributed by atoms with Crippen molar-refractivity contribution in [2.24, 2.45) is 7.05 Å². The average molecular weight is 385 g/mol. The number of sulfonamides is 1. The summed E-state index contributed by atoms with van der Waals surface area (Å²) in [5, 5.41) is 2.89. The second kappa shape index (κ2) is 6.36. The number of rotatable bonds is 5. The molecule has 24 heavy (non-hydrogen) atoms. The fourth-order valence-corrected chi connectivity index (χ4v) is 4.48. The normalized spacial score (nSPS) is 12.3. The molecule has 0 radical (unpaired) electrons. The van der Waals surface area contributed by atoms with Crippen LogP contribution >= 0.6 is 23.1 Å². The van der Waals surface area contributed by atoms with Crippen LogP contribution in [0.5, 0.6) is 0 Å². The predicted molar refractivity (Wildman–Crippen MR) is 94.0 cm³/mol. The Labute approximate surface area is 147 Å². The van der Waals surface area contributed by atoms with Crippen molar-refractivity contribution in [3.63, 3.8) is 0 Å². The standard InChI is InChI=1S/C14H15N3O4S3/c1-16(2)24(19,20)11-5-4-9(21-11)8-23-14-15-12-10(6-7-22-12)13(18)17(14)3/h4-7H,8H2,1-3H3. The molecule has 128 valence electrons. The molecule has 0 saturated carbocycles. The molecule has 0 aliphatic carbocycles. The van der Waals surface area contributed by atoms with Crippen LogP contribution in [0.4, 0.5) is 0 Å². The molecule has 3 aromatic rings. The zero-order valence-electron chi connectivity index (χ0n) is 13.2. The van der Waals surface area contributed by atoms with Gasteiger partial charge in [0.05, 0.1) is 11.1 Å². The SMILES string of the molecule is CN(C)S(=O)(=O)c1ccc(CSc2nc3sccc3c(=O)n2C)o1. The highest BCUT2D eigenvalue weighted by molar-refractivity contribution is 7.98. The molecule has 0 bridgehead atoms. The minimum Gasteiger partial charge on any atom is -0.447 e. The van der Waals surface area contributed by atoms with E-state index < -0.39 is 10.0 Å². The summed E-state index contributed by atoms with van der Waals surface area (Å²) in [6, 6.07) is 4.81. The summed E-state index contributed by atoms with van der Waals surface area (Å²) in [6.07, 6.45) is 0. The Balaban J connectivity index is 1.83. The zero-order valence-corrected chi connectivity index (χ0v) is 15.7. The van der Waals surface area contributed by atoms with E-state index in [1.165, 1.54) is 47.8 Å². The lowest BCUT2D eigenvalue weighted by Crippen LogP contribution is -2.21. The van der Waals surface area contributed by atoms with Crippen LogP contribution in [0.25, 0.3) is 10.2 Å². The summed E-state index contributed by atoms with van der Waals surface area (Å²) in [6.45, 7) is 0. The van der Waals surface area contributed by atoms with Crippen LogP contribution in [-0.2, 0) is 22.8 Å². The van der Waals surface area contributed by atoms with Gasteiger partial charge in [-0.1, -0.05) is 11.8 Å². The van der Waals surface area contributed by atoms with Crippen LogP contribution in [0.2, 0.25) is 0 Å². The minimum atomic E-state index is -3.59. The van der Waals surface area contributed by atoms with Gasteiger partial charge in [0.25, 0.3) is 15.6 Å². The molecule has 0 saturated heterocycles. The van der Waals surface area contributed by atoms with E-state index in [2.05, 4.69) is 4.98 Å². The van der Waals surface area contributed by atoms with Crippen molar-refractivity contribution >= 4 is 43.3 Å². The molecule has 0 aromatic carbocycles. The van der Waals surface area contributed by atoms with Gasteiger partial charge in [-0.2, -0.15) is 0 Å². The Kier molecular flexibility index (Phi) is 4.56. The van der Waals surface area contributed by atoms with Crippen LogP contribution in [0.3, 0.4) is 0 Å². The molecular formula is C14H15N3O4S3. The zero-order chi connectivity index (χ0) is 17.5. The molecule has 3 aromatic heterocycles. The Morgan fingerprint density at radius 1 is 1.33 bits per heavy atom. The second-order valence-corrected chi connectivity index (χ2v) is 9.11. The highest BCUT2D eigenvalue weighted by Gasteiger charge is 2.21. The Hall–Kier alpha value is -1.62. The first kappa shape index (κ1) is 17.2. The molecule has 3 rings (SSSR count). The van der Waals surface area contributed by atoms with Crippen LogP contribution < -0.4 is 5.56 Å². The Morgan fingerprint density at radius 3 is 2.79 bits per heavy atom. The van der Waals surface area contributed by atoms with Gasteiger partial charge >= 0.3 is 0 Å². The first-order valence-corrected chi connectivity index (χ1v) is 10.2. The lowest BCUT2D eigenvalue weighted by Gasteiger charge is -2.08. The highest BCUT2D eigenvalue weighted by atomic mass is 32.2. The third-order valence-corrected chi connectivity index (χ3v) is 6.93. The number of fused-ring (bicyclic) bond motifs is 1. The number of nitrogens with zero attached hydrogens (tertiary/aromatic N) is 3.